The first-order valence-electron chi connectivity index (χ1n) is 4.61. The fourth-order valence-electron chi connectivity index (χ4n) is 1.42. The predicted octanol–water partition coefficient (Wildman–Crippen LogP) is -0.167. The van der Waals surface area contributed by atoms with Crippen molar-refractivity contribution >= 4 is 10.1 Å². The van der Waals surface area contributed by atoms with E-state index in [1.807, 2.05) is 0 Å². The van der Waals surface area contributed by atoms with E-state index in [1.54, 1.807) is 13.0 Å². The van der Waals surface area contributed by atoms with E-state index in [0.717, 1.165) is 10.6 Å². The van der Waals surface area contributed by atoms with Gasteiger partial charge < -0.3 is 5.11 Å². The number of nitriles is 1. The minimum atomic E-state index is -4.37. The van der Waals surface area contributed by atoms with Crippen molar-refractivity contribution in [3.05, 3.63) is 27.5 Å². The molecule has 8 heteroatoms. The van der Waals surface area contributed by atoms with Crippen molar-refractivity contribution < 1.29 is 18.1 Å². The monoisotopic (exact) mass is 258 g/mol. The fraction of sp³-hybridized carbons (Fsp3) is 0.333. The summed E-state index contributed by atoms with van der Waals surface area (Å²) >= 11 is 0. The van der Waals surface area contributed by atoms with Crippen LogP contribution in [0.15, 0.2) is 10.9 Å². The largest absolute Gasteiger partial charge is 0.494 e. The average molecular weight is 258 g/mol. The maximum Gasteiger partial charge on any atom is 0.271 e. The lowest BCUT2D eigenvalue weighted by atomic mass is 10.1. The minimum Gasteiger partial charge on any atom is -0.494 e. The van der Waals surface area contributed by atoms with Crippen LogP contribution in [0.1, 0.15) is 18.1 Å². The van der Waals surface area contributed by atoms with Gasteiger partial charge in [-0.05, 0) is 12.5 Å². The van der Waals surface area contributed by atoms with E-state index in [9.17, 15) is 18.3 Å². The number of aromatic hydroxyl groups is 1. The molecule has 7 nitrogen and oxygen atoms in total. The summed E-state index contributed by atoms with van der Waals surface area (Å²) in [7, 11) is -4.37. The second kappa shape index (κ2) is 4.57. The van der Waals surface area contributed by atoms with Crippen LogP contribution in [0.4, 0.5) is 0 Å². The SMILES string of the molecule is CCn1c(O)cc(CS(=O)(=O)O)c(C#N)c1=O. The van der Waals surface area contributed by atoms with E-state index in [2.05, 4.69) is 0 Å². The molecule has 0 saturated carbocycles. The first kappa shape index (κ1) is 13.2. The lowest BCUT2D eigenvalue weighted by molar-refractivity contribution is 0.410. The average Bonchev–Trinajstić information content (AvgIpc) is 2.15. The molecular weight excluding hydrogens is 248 g/mol. The Kier molecular flexibility index (Phi) is 3.55. The summed E-state index contributed by atoms with van der Waals surface area (Å²) in [5.41, 5.74) is -1.40. The van der Waals surface area contributed by atoms with Crippen LogP contribution in [-0.4, -0.2) is 22.6 Å². The van der Waals surface area contributed by atoms with Crippen molar-refractivity contribution in [2.75, 3.05) is 0 Å². The van der Waals surface area contributed by atoms with Gasteiger partial charge in [-0.1, -0.05) is 0 Å². The number of pyridine rings is 1. The molecule has 1 aromatic rings. The molecular formula is C9H10N2O5S. The second-order valence-electron chi connectivity index (χ2n) is 3.29. The minimum absolute atomic E-state index is 0.144. The maximum absolute atomic E-state index is 11.7. The third-order valence-corrected chi connectivity index (χ3v) is 2.80. The molecule has 0 bridgehead atoms. The van der Waals surface area contributed by atoms with Crippen molar-refractivity contribution in [1.29, 1.82) is 5.26 Å². The van der Waals surface area contributed by atoms with Gasteiger partial charge in [-0.2, -0.15) is 13.7 Å². The first-order valence-corrected chi connectivity index (χ1v) is 6.22. The van der Waals surface area contributed by atoms with Crippen molar-refractivity contribution in [2.45, 2.75) is 19.2 Å². The summed E-state index contributed by atoms with van der Waals surface area (Å²) in [6.45, 7) is 1.73. The molecule has 0 atom stereocenters. The second-order valence-corrected chi connectivity index (χ2v) is 4.74. The molecule has 0 radical (unpaired) electrons. The zero-order chi connectivity index (χ0) is 13.2. The molecule has 0 aromatic carbocycles. The summed E-state index contributed by atoms with van der Waals surface area (Å²) in [6, 6.07) is 2.55. The van der Waals surface area contributed by atoms with Gasteiger partial charge in [-0.15, -0.1) is 0 Å². The molecule has 0 spiro atoms. The third-order valence-electron chi connectivity index (χ3n) is 2.13. The highest BCUT2D eigenvalue weighted by Gasteiger charge is 2.17. The quantitative estimate of drug-likeness (QED) is 0.726. The van der Waals surface area contributed by atoms with Crippen LogP contribution in [0.2, 0.25) is 0 Å². The molecule has 1 heterocycles. The molecule has 1 rings (SSSR count). The highest BCUT2D eigenvalue weighted by molar-refractivity contribution is 7.85. The van der Waals surface area contributed by atoms with Crippen LogP contribution in [0.3, 0.4) is 0 Å². The smallest absolute Gasteiger partial charge is 0.271 e. The van der Waals surface area contributed by atoms with Gasteiger partial charge >= 0.3 is 0 Å². The first-order chi connectivity index (χ1) is 7.80. The molecule has 0 aliphatic heterocycles. The Balaban J connectivity index is 3.55. The molecule has 0 aliphatic carbocycles. The lowest BCUT2D eigenvalue weighted by Crippen LogP contribution is -2.24. The van der Waals surface area contributed by atoms with E-state index < -0.39 is 32.9 Å². The van der Waals surface area contributed by atoms with Crippen LogP contribution in [0.25, 0.3) is 0 Å². The van der Waals surface area contributed by atoms with Gasteiger partial charge in [-0.25, -0.2) is 0 Å². The van der Waals surface area contributed by atoms with E-state index in [4.69, 9.17) is 9.81 Å². The van der Waals surface area contributed by atoms with Gasteiger partial charge in [0.25, 0.3) is 15.7 Å². The molecule has 0 saturated heterocycles. The van der Waals surface area contributed by atoms with Gasteiger partial charge in [0.05, 0.1) is 0 Å². The Morgan fingerprint density at radius 2 is 2.12 bits per heavy atom. The van der Waals surface area contributed by atoms with Crippen molar-refractivity contribution in [1.82, 2.24) is 4.57 Å². The molecule has 92 valence electrons. The number of hydrogen-bond acceptors (Lipinski definition) is 5. The number of aromatic nitrogens is 1. The van der Waals surface area contributed by atoms with Crippen LogP contribution in [0, 0.1) is 11.3 Å². The van der Waals surface area contributed by atoms with Crippen LogP contribution in [-0.2, 0) is 22.4 Å². The Bertz CT molecular complexity index is 639. The van der Waals surface area contributed by atoms with Crippen LogP contribution >= 0.6 is 0 Å². The molecule has 1 aromatic heterocycles. The van der Waals surface area contributed by atoms with E-state index in [-0.39, 0.29) is 12.1 Å². The molecule has 17 heavy (non-hydrogen) atoms. The molecule has 2 N–H and O–H groups in total. The Hall–Kier alpha value is -1.85. The Labute approximate surface area is 97.3 Å². The van der Waals surface area contributed by atoms with Crippen molar-refractivity contribution in [3.8, 4) is 11.9 Å². The zero-order valence-corrected chi connectivity index (χ0v) is 9.73. The zero-order valence-electron chi connectivity index (χ0n) is 8.91. The molecule has 0 unspecified atom stereocenters. The summed E-state index contributed by atoms with van der Waals surface area (Å²) < 4.78 is 31.0. The summed E-state index contributed by atoms with van der Waals surface area (Å²) in [5, 5.41) is 18.3. The van der Waals surface area contributed by atoms with Crippen molar-refractivity contribution in [3.63, 3.8) is 0 Å². The highest BCUT2D eigenvalue weighted by Crippen LogP contribution is 2.15. The Morgan fingerprint density at radius 3 is 2.53 bits per heavy atom. The Morgan fingerprint density at radius 1 is 1.53 bits per heavy atom. The van der Waals surface area contributed by atoms with E-state index in [0.29, 0.717) is 0 Å². The third kappa shape index (κ3) is 2.83. The van der Waals surface area contributed by atoms with Gasteiger partial charge in [-0.3, -0.25) is 13.9 Å². The molecule has 0 amide bonds. The van der Waals surface area contributed by atoms with Crippen LogP contribution < -0.4 is 5.56 Å². The normalized spacial score (nSPS) is 11.1. The summed E-state index contributed by atoms with van der Waals surface area (Å²) in [6.07, 6.45) is 0. The molecule has 0 fully saturated rings. The van der Waals surface area contributed by atoms with Gasteiger partial charge in [0.2, 0.25) is 0 Å². The standard InChI is InChI=1S/C9H10N2O5S/c1-2-11-8(12)3-6(5-17(14,15)16)7(4-10)9(11)13/h3,12H,2,5H2,1H3,(H,14,15,16). The van der Waals surface area contributed by atoms with Gasteiger partial charge in [0, 0.05) is 12.6 Å². The highest BCUT2D eigenvalue weighted by atomic mass is 32.2. The lowest BCUT2D eigenvalue weighted by Gasteiger charge is -2.08. The van der Waals surface area contributed by atoms with E-state index >= 15 is 0 Å². The fourth-order valence-corrected chi connectivity index (χ4v) is 2.04. The topological polar surface area (TPSA) is 120 Å². The van der Waals surface area contributed by atoms with Gasteiger partial charge in [0.1, 0.15) is 17.4 Å². The predicted molar refractivity (Wildman–Crippen MR) is 58.0 cm³/mol. The molecule has 0 aliphatic rings. The van der Waals surface area contributed by atoms with E-state index in [1.165, 1.54) is 0 Å². The number of hydrogen-bond donors (Lipinski definition) is 2. The summed E-state index contributed by atoms with van der Waals surface area (Å²) in [4.78, 5) is 11.7. The number of nitrogens with zero attached hydrogens (tertiary/aromatic N) is 2. The maximum atomic E-state index is 11.7. The number of rotatable bonds is 3. The summed E-state index contributed by atoms with van der Waals surface area (Å²) in [5.74, 6) is -1.33. The van der Waals surface area contributed by atoms with Crippen molar-refractivity contribution in [2.24, 2.45) is 0 Å². The van der Waals surface area contributed by atoms with Crippen LogP contribution in [0.5, 0.6) is 5.88 Å². The van der Waals surface area contributed by atoms with Gasteiger partial charge in [0.15, 0.2) is 5.88 Å².